The third-order valence-corrected chi connectivity index (χ3v) is 4.30. The largest absolute Gasteiger partial charge is 0.312 e. The van der Waals surface area contributed by atoms with Gasteiger partial charge in [-0.1, -0.05) is 12.5 Å². The second kappa shape index (κ2) is 6.26. The second-order valence-electron chi connectivity index (χ2n) is 4.49. The summed E-state index contributed by atoms with van der Waals surface area (Å²) >= 11 is 2.12. The molecule has 1 saturated heterocycles. The minimum atomic E-state index is 0.825. The first-order chi connectivity index (χ1) is 7.84. The number of pyridine rings is 1. The summed E-state index contributed by atoms with van der Waals surface area (Å²) in [6, 6.07) is 2.20. The van der Waals surface area contributed by atoms with E-state index in [-0.39, 0.29) is 0 Å². The van der Waals surface area contributed by atoms with Crippen molar-refractivity contribution in [2.75, 3.05) is 12.3 Å². The van der Waals surface area contributed by atoms with E-state index < -0.39 is 0 Å². The standard InChI is InChI=1S/C13H20N2S/c1-11-6-12(8-14-7-11)9-15-10-13-4-2-3-5-16-13/h6-8,13,15H,2-5,9-10H2,1H3. The number of rotatable bonds is 4. The number of nitrogens with zero attached hydrogens (tertiary/aromatic N) is 1. The SMILES string of the molecule is Cc1cncc(CNCC2CCCCS2)c1. The van der Waals surface area contributed by atoms with E-state index in [0.717, 1.165) is 18.3 Å². The number of thioether (sulfide) groups is 1. The zero-order chi connectivity index (χ0) is 11.2. The lowest BCUT2D eigenvalue weighted by molar-refractivity contribution is 0.597. The summed E-state index contributed by atoms with van der Waals surface area (Å²) in [6.07, 6.45) is 8.05. The van der Waals surface area contributed by atoms with Crippen molar-refractivity contribution in [1.82, 2.24) is 10.3 Å². The van der Waals surface area contributed by atoms with E-state index in [2.05, 4.69) is 35.1 Å². The van der Waals surface area contributed by atoms with Crippen molar-refractivity contribution in [2.45, 2.75) is 38.0 Å². The van der Waals surface area contributed by atoms with Crippen LogP contribution in [0.25, 0.3) is 0 Å². The van der Waals surface area contributed by atoms with E-state index in [1.54, 1.807) is 0 Å². The average molecular weight is 236 g/mol. The summed E-state index contributed by atoms with van der Waals surface area (Å²) in [6.45, 7) is 4.18. The molecule has 0 bridgehead atoms. The predicted molar refractivity (Wildman–Crippen MR) is 70.8 cm³/mol. The molecule has 16 heavy (non-hydrogen) atoms. The zero-order valence-corrected chi connectivity index (χ0v) is 10.7. The Morgan fingerprint density at radius 3 is 3.12 bits per heavy atom. The van der Waals surface area contributed by atoms with Gasteiger partial charge in [-0.15, -0.1) is 0 Å². The van der Waals surface area contributed by atoms with Crippen molar-refractivity contribution in [1.29, 1.82) is 0 Å². The van der Waals surface area contributed by atoms with Gasteiger partial charge in [0.2, 0.25) is 0 Å². The molecule has 2 rings (SSSR count). The summed E-state index contributed by atoms with van der Waals surface area (Å²) in [4.78, 5) is 4.20. The van der Waals surface area contributed by atoms with Crippen LogP contribution in [0.2, 0.25) is 0 Å². The van der Waals surface area contributed by atoms with Gasteiger partial charge in [-0.2, -0.15) is 11.8 Å². The zero-order valence-electron chi connectivity index (χ0n) is 9.91. The number of nitrogens with one attached hydrogen (secondary N) is 1. The van der Waals surface area contributed by atoms with Crippen LogP contribution < -0.4 is 5.32 Å². The van der Waals surface area contributed by atoms with Gasteiger partial charge >= 0.3 is 0 Å². The molecule has 0 saturated carbocycles. The highest BCUT2D eigenvalue weighted by Crippen LogP contribution is 2.24. The average Bonchev–Trinajstić information content (AvgIpc) is 2.30. The van der Waals surface area contributed by atoms with Gasteiger partial charge in [0.15, 0.2) is 0 Å². The van der Waals surface area contributed by atoms with Gasteiger partial charge < -0.3 is 5.32 Å². The lowest BCUT2D eigenvalue weighted by atomic mass is 10.2. The van der Waals surface area contributed by atoms with Crippen LogP contribution in [0.3, 0.4) is 0 Å². The molecule has 2 heterocycles. The Morgan fingerprint density at radius 2 is 2.38 bits per heavy atom. The van der Waals surface area contributed by atoms with Crippen molar-refractivity contribution in [3.63, 3.8) is 0 Å². The van der Waals surface area contributed by atoms with E-state index in [4.69, 9.17) is 0 Å². The molecule has 88 valence electrons. The maximum atomic E-state index is 4.20. The van der Waals surface area contributed by atoms with E-state index in [0.29, 0.717) is 0 Å². The Hall–Kier alpha value is -0.540. The van der Waals surface area contributed by atoms with Gasteiger partial charge in [-0.05, 0) is 36.6 Å². The Kier molecular flexibility index (Phi) is 4.67. The van der Waals surface area contributed by atoms with Crippen LogP contribution in [0, 0.1) is 6.92 Å². The van der Waals surface area contributed by atoms with E-state index >= 15 is 0 Å². The summed E-state index contributed by atoms with van der Waals surface area (Å²) < 4.78 is 0. The van der Waals surface area contributed by atoms with Gasteiger partial charge in [0.1, 0.15) is 0 Å². The first-order valence-electron chi connectivity index (χ1n) is 6.07. The molecular formula is C13H20N2S. The molecule has 1 aromatic rings. The van der Waals surface area contributed by atoms with Gasteiger partial charge in [0.05, 0.1) is 0 Å². The van der Waals surface area contributed by atoms with Crippen LogP contribution in [0.5, 0.6) is 0 Å². The van der Waals surface area contributed by atoms with Crippen LogP contribution >= 0.6 is 11.8 Å². The van der Waals surface area contributed by atoms with Crippen LogP contribution in [0.1, 0.15) is 30.4 Å². The van der Waals surface area contributed by atoms with Crippen molar-refractivity contribution >= 4 is 11.8 Å². The molecular weight excluding hydrogens is 216 g/mol. The molecule has 1 unspecified atom stereocenters. The third kappa shape index (κ3) is 3.80. The monoisotopic (exact) mass is 236 g/mol. The molecule has 0 amide bonds. The van der Waals surface area contributed by atoms with Gasteiger partial charge in [0.25, 0.3) is 0 Å². The van der Waals surface area contributed by atoms with Crippen LogP contribution in [0.4, 0.5) is 0 Å². The molecule has 2 nitrogen and oxygen atoms in total. The minimum Gasteiger partial charge on any atom is -0.312 e. The van der Waals surface area contributed by atoms with Gasteiger partial charge in [-0.3, -0.25) is 4.98 Å². The van der Waals surface area contributed by atoms with Crippen LogP contribution in [-0.4, -0.2) is 22.5 Å². The quantitative estimate of drug-likeness (QED) is 0.870. The normalized spacial score (nSPS) is 20.9. The van der Waals surface area contributed by atoms with Crippen LogP contribution in [-0.2, 0) is 6.54 Å². The van der Waals surface area contributed by atoms with Crippen molar-refractivity contribution in [3.8, 4) is 0 Å². The van der Waals surface area contributed by atoms with E-state index in [1.165, 1.54) is 36.1 Å². The minimum absolute atomic E-state index is 0.825. The van der Waals surface area contributed by atoms with Crippen molar-refractivity contribution in [2.24, 2.45) is 0 Å². The molecule has 0 radical (unpaired) electrons. The molecule has 0 aromatic carbocycles. The third-order valence-electron chi connectivity index (χ3n) is 2.91. The molecule has 1 aliphatic heterocycles. The molecule has 1 N–H and O–H groups in total. The molecule has 3 heteroatoms. The number of aromatic nitrogens is 1. The van der Waals surface area contributed by atoms with Crippen LogP contribution in [0.15, 0.2) is 18.5 Å². The highest BCUT2D eigenvalue weighted by atomic mass is 32.2. The Morgan fingerprint density at radius 1 is 1.44 bits per heavy atom. The van der Waals surface area contributed by atoms with E-state index in [1.807, 2.05) is 12.4 Å². The van der Waals surface area contributed by atoms with Crippen molar-refractivity contribution in [3.05, 3.63) is 29.6 Å². The fourth-order valence-corrected chi connectivity index (χ4v) is 3.33. The first kappa shape index (κ1) is 11.9. The molecule has 0 aliphatic carbocycles. The number of aryl methyl sites for hydroxylation is 1. The fourth-order valence-electron chi connectivity index (χ4n) is 2.06. The highest BCUT2D eigenvalue weighted by Gasteiger charge is 2.12. The summed E-state index contributed by atoms with van der Waals surface area (Å²) in [5, 5.41) is 4.36. The summed E-state index contributed by atoms with van der Waals surface area (Å²) in [7, 11) is 0. The maximum absolute atomic E-state index is 4.20. The van der Waals surface area contributed by atoms with Gasteiger partial charge in [0, 0.05) is 30.7 Å². The lowest BCUT2D eigenvalue weighted by Gasteiger charge is -2.21. The topological polar surface area (TPSA) is 24.9 Å². The number of hydrogen-bond acceptors (Lipinski definition) is 3. The maximum Gasteiger partial charge on any atom is 0.0313 e. The van der Waals surface area contributed by atoms with E-state index in [9.17, 15) is 0 Å². The Labute approximate surface area is 102 Å². The Balaban J connectivity index is 1.71. The second-order valence-corrected chi connectivity index (χ2v) is 5.90. The lowest BCUT2D eigenvalue weighted by Crippen LogP contribution is -2.26. The first-order valence-corrected chi connectivity index (χ1v) is 7.12. The summed E-state index contributed by atoms with van der Waals surface area (Å²) in [5.74, 6) is 1.35. The molecule has 1 fully saturated rings. The van der Waals surface area contributed by atoms with Gasteiger partial charge in [-0.25, -0.2) is 0 Å². The fraction of sp³-hybridized carbons (Fsp3) is 0.615. The number of hydrogen-bond donors (Lipinski definition) is 1. The summed E-state index contributed by atoms with van der Waals surface area (Å²) in [5.41, 5.74) is 2.53. The predicted octanol–water partition coefficient (Wildman–Crippen LogP) is 2.77. The molecule has 0 spiro atoms. The smallest absolute Gasteiger partial charge is 0.0313 e. The Bertz CT molecular complexity index is 321. The molecule has 1 aromatic heterocycles. The molecule has 1 atom stereocenters. The molecule has 1 aliphatic rings. The van der Waals surface area contributed by atoms with Crippen molar-refractivity contribution < 1.29 is 0 Å². The highest BCUT2D eigenvalue weighted by molar-refractivity contribution is 7.99.